The van der Waals surface area contributed by atoms with E-state index in [4.69, 9.17) is 4.74 Å². The molecule has 2 aliphatic rings. The minimum atomic E-state index is -0.193. The summed E-state index contributed by atoms with van der Waals surface area (Å²) in [5.74, 6) is 0.268. The summed E-state index contributed by atoms with van der Waals surface area (Å²) >= 11 is 0. The van der Waals surface area contributed by atoms with Gasteiger partial charge >= 0.3 is 0 Å². The molecule has 1 saturated heterocycles. The van der Waals surface area contributed by atoms with Gasteiger partial charge in [-0.1, -0.05) is 0 Å². The van der Waals surface area contributed by atoms with Crippen LogP contribution in [0.2, 0.25) is 0 Å². The van der Waals surface area contributed by atoms with E-state index >= 15 is 0 Å². The van der Waals surface area contributed by atoms with Gasteiger partial charge in [0.15, 0.2) is 11.6 Å². The van der Waals surface area contributed by atoms with Gasteiger partial charge in [0.1, 0.15) is 0 Å². The lowest BCUT2D eigenvalue weighted by Crippen LogP contribution is -2.48. The third-order valence-corrected chi connectivity index (χ3v) is 3.99. The number of nitrogens with zero attached hydrogens (tertiary/aromatic N) is 2. The maximum absolute atomic E-state index is 14.6. The third-order valence-electron chi connectivity index (χ3n) is 3.99. The predicted molar refractivity (Wildman–Crippen MR) is 76.3 cm³/mol. The van der Waals surface area contributed by atoms with Gasteiger partial charge in [-0.15, -0.1) is 0 Å². The Morgan fingerprint density at radius 2 is 2.25 bits per heavy atom. The van der Waals surface area contributed by atoms with Crippen LogP contribution in [0.3, 0.4) is 0 Å². The van der Waals surface area contributed by atoms with Crippen molar-refractivity contribution in [1.82, 2.24) is 10.3 Å². The van der Waals surface area contributed by atoms with Crippen LogP contribution < -0.4 is 10.2 Å². The zero-order chi connectivity index (χ0) is 14.1. The van der Waals surface area contributed by atoms with Gasteiger partial charge < -0.3 is 15.0 Å². The number of rotatable bonds is 4. The van der Waals surface area contributed by atoms with Crippen LogP contribution in [-0.4, -0.2) is 36.3 Å². The molecule has 110 valence electrons. The van der Waals surface area contributed by atoms with Crippen LogP contribution in [0.5, 0.6) is 0 Å². The number of hydrogen-bond acceptors (Lipinski definition) is 4. The van der Waals surface area contributed by atoms with Crippen molar-refractivity contribution in [3.8, 4) is 0 Å². The maximum Gasteiger partial charge on any atom is 0.170 e. The molecule has 0 amide bonds. The number of hydrogen-bond donors (Lipinski definition) is 1. The summed E-state index contributed by atoms with van der Waals surface area (Å²) < 4.78 is 20.2. The third kappa shape index (κ3) is 2.94. The van der Waals surface area contributed by atoms with Gasteiger partial charge in [0.2, 0.25) is 0 Å². The number of aromatic nitrogens is 1. The fourth-order valence-electron chi connectivity index (χ4n) is 2.55. The zero-order valence-corrected chi connectivity index (χ0v) is 12.1. The smallest absolute Gasteiger partial charge is 0.170 e. The van der Waals surface area contributed by atoms with Gasteiger partial charge in [-0.2, -0.15) is 0 Å². The number of pyridine rings is 1. The summed E-state index contributed by atoms with van der Waals surface area (Å²) in [6.07, 6.45) is 4.23. The van der Waals surface area contributed by atoms with Crippen LogP contribution in [0.15, 0.2) is 12.3 Å². The average Bonchev–Trinajstić information content (AvgIpc) is 3.25. The number of morpholine rings is 1. The van der Waals surface area contributed by atoms with Crippen LogP contribution in [0, 0.1) is 5.82 Å². The van der Waals surface area contributed by atoms with Gasteiger partial charge in [0, 0.05) is 30.9 Å². The Kier molecular flexibility index (Phi) is 3.89. The molecule has 2 atom stereocenters. The molecule has 1 saturated carbocycles. The summed E-state index contributed by atoms with van der Waals surface area (Å²) in [7, 11) is 0. The lowest BCUT2D eigenvalue weighted by atomic mass is 10.1. The standard InChI is InChI=1S/C15H22FN3O/c1-10-9-20-11(2)8-19(10)15-14(16)12(5-6-17-15)7-18-13-3-4-13/h5-6,10-11,13,18H,3-4,7-9H2,1-2H3. The minimum Gasteiger partial charge on any atom is -0.375 e. The number of nitrogens with one attached hydrogen (secondary N) is 1. The van der Waals surface area contributed by atoms with Gasteiger partial charge in [-0.05, 0) is 32.8 Å². The van der Waals surface area contributed by atoms with Crippen molar-refractivity contribution < 1.29 is 9.13 Å². The van der Waals surface area contributed by atoms with E-state index in [0.717, 1.165) is 0 Å². The first-order valence-corrected chi connectivity index (χ1v) is 7.40. The fourth-order valence-corrected chi connectivity index (χ4v) is 2.55. The molecule has 0 aromatic carbocycles. The number of anilines is 1. The molecule has 4 nitrogen and oxygen atoms in total. The van der Waals surface area contributed by atoms with Crippen molar-refractivity contribution in [1.29, 1.82) is 0 Å². The van der Waals surface area contributed by atoms with E-state index in [1.165, 1.54) is 12.8 Å². The molecule has 1 aliphatic heterocycles. The SMILES string of the molecule is CC1CN(c2nccc(CNC3CC3)c2F)C(C)CO1. The first-order chi connectivity index (χ1) is 9.65. The summed E-state index contributed by atoms with van der Waals surface area (Å²) in [5.41, 5.74) is 0.702. The second-order valence-electron chi connectivity index (χ2n) is 5.91. The van der Waals surface area contributed by atoms with E-state index in [9.17, 15) is 4.39 Å². The molecule has 2 fully saturated rings. The van der Waals surface area contributed by atoms with E-state index < -0.39 is 0 Å². The Labute approximate surface area is 119 Å². The zero-order valence-electron chi connectivity index (χ0n) is 12.1. The summed E-state index contributed by atoms with van der Waals surface area (Å²) in [5, 5.41) is 3.35. The second kappa shape index (κ2) is 5.66. The van der Waals surface area contributed by atoms with Gasteiger partial charge in [0.25, 0.3) is 0 Å². The lowest BCUT2D eigenvalue weighted by molar-refractivity contribution is 0.0337. The molecular weight excluding hydrogens is 257 g/mol. The fraction of sp³-hybridized carbons (Fsp3) is 0.667. The molecule has 1 aliphatic carbocycles. The summed E-state index contributed by atoms with van der Waals surface area (Å²) in [4.78, 5) is 6.28. The quantitative estimate of drug-likeness (QED) is 0.916. The van der Waals surface area contributed by atoms with E-state index in [1.54, 1.807) is 12.3 Å². The molecule has 1 aromatic rings. The normalized spacial score (nSPS) is 26.9. The van der Waals surface area contributed by atoms with Gasteiger partial charge in [0.05, 0.1) is 18.8 Å². The van der Waals surface area contributed by atoms with Crippen molar-refractivity contribution >= 4 is 5.82 Å². The molecular formula is C15H22FN3O. The van der Waals surface area contributed by atoms with Crippen LogP contribution in [0.25, 0.3) is 0 Å². The molecule has 3 rings (SSSR count). The minimum absolute atomic E-state index is 0.112. The first-order valence-electron chi connectivity index (χ1n) is 7.40. The Morgan fingerprint density at radius 3 is 3.00 bits per heavy atom. The van der Waals surface area contributed by atoms with Gasteiger partial charge in [-0.25, -0.2) is 9.37 Å². The van der Waals surface area contributed by atoms with Crippen LogP contribution in [0.4, 0.5) is 10.2 Å². The highest BCUT2D eigenvalue weighted by Gasteiger charge is 2.28. The second-order valence-corrected chi connectivity index (χ2v) is 5.91. The van der Waals surface area contributed by atoms with Crippen molar-refractivity contribution in [2.75, 3.05) is 18.1 Å². The number of ether oxygens (including phenoxy) is 1. The largest absolute Gasteiger partial charge is 0.375 e. The Morgan fingerprint density at radius 1 is 1.45 bits per heavy atom. The molecule has 0 bridgehead atoms. The highest BCUT2D eigenvalue weighted by atomic mass is 19.1. The van der Waals surface area contributed by atoms with Gasteiger partial charge in [-0.3, -0.25) is 0 Å². The van der Waals surface area contributed by atoms with Crippen LogP contribution >= 0.6 is 0 Å². The molecule has 2 unspecified atom stereocenters. The molecule has 0 radical (unpaired) electrons. The van der Waals surface area contributed by atoms with Crippen molar-refractivity contribution in [2.24, 2.45) is 0 Å². The monoisotopic (exact) mass is 279 g/mol. The van der Waals surface area contributed by atoms with E-state index in [2.05, 4.69) is 10.3 Å². The Bertz CT molecular complexity index is 478. The Balaban J connectivity index is 1.78. The average molecular weight is 279 g/mol. The topological polar surface area (TPSA) is 37.4 Å². The molecule has 20 heavy (non-hydrogen) atoms. The molecule has 1 N–H and O–H groups in total. The molecule has 5 heteroatoms. The molecule has 1 aromatic heterocycles. The van der Waals surface area contributed by atoms with E-state index in [-0.39, 0.29) is 18.0 Å². The van der Waals surface area contributed by atoms with Crippen molar-refractivity contribution in [2.45, 2.75) is 51.4 Å². The summed E-state index contributed by atoms with van der Waals surface area (Å²) in [6, 6.07) is 2.50. The van der Waals surface area contributed by atoms with Crippen LogP contribution in [0.1, 0.15) is 32.3 Å². The van der Waals surface area contributed by atoms with Crippen molar-refractivity contribution in [3.05, 3.63) is 23.6 Å². The highest BCUT2D eigenvalue weighted by molar-refractivity contribution is 5.44. The lowest BCUT2D eigenvalue weighted by Gasteiger charge is -2.37. The van der Waals surface area contributed by atoms with E-state index in [0.29, 0.717) is 37.1 Å². The highest BCUT2D eigenvalue weighted by Crippen LogP contribution is 2.25. The number of halogens is 1. The Hall–Kier alpha value is -1.20. The van der Waals surface area contributed by atoms with Crippen LogP contribution in [-0.2, 0) is 11.3 Å². The van der Waals surface area contributed by atoms with E-state index in [1.807, 2.05) is 18.7 Å². The van der Waals surface area contributed by atoms with Crippen molar-refractivity contribution in [3.63, 3.8) is 0 Å². The first kappa shape index (κ1) is 13.8. The predicted octanol–water partition coefficient (Wildman–Crippen LogP) is 2.09. The molecule has 0 spiro atoms. The summed E-state index contributed by atoms with van der Waals surface area (Å²) in [6.45, 7) is 5.94. The molecule has 2 heterocycles. The maximum atomic E-state index is 14.6.